The van der Waals surface area contributed by atoms with Crippen molar-refractivity contribution in [1.82, 2.24) is 15.0 Å². The van der Waals surface area contributed by atoms with E-state index in [0.29, 0.717) is 46.9 Å². The fourth-order valence-electron chi connectivity index (χ4n) is 6.80. The van der Waals surface area contributed by atoms with E-state index in [1.165, 1.54) is 18.5 Å². The predicted molar refractivity (Wildman–Crippen MR) is 212 cm³/mol. The highest BCUT2D eigenvalue weighted by Crippen LogP contribution is 2.49. The SMILES string of the molecule is CC(C)(C)[Si]OC(c1ccccc1)(c1ccccc1)c1c(NC(=O)c2ccc(C(C)(C)O)cc2F)cccc1-c1ncnc2[nH]c(C3=CCOCC3)cc12. The Labute approximate surface area is 317 Å². The molecule has 4 aromatic carbocycles. The van der Waals surface area contributed by atoms with Crippen LogP contribution < -0.4 is 5.32 Å². The maximum atomic E-state index is 15.7. The predicted octanol–water partition coefficient (Wildman–Crippen LogP) is 9.19. The third-order valence-corrected chi connectivity index (χ3v) is 10.5. The van der Waals surface area contributed by atoms with E-state index in [9.17, 15) is 9.90 Å². The van der Waals surface area contributed by atoms with Crippen LogP contribution in [-0.2, 0) is 20.4 Å². The summed E-state index contributed by atoms with van der Waals surface area (Å²) in [5, 5.41) is 14.2. The van der Waals surface area contributed by atoms with Crippen molar-refractivity contribution >= 4 is 38.0 Å². The molecular formula is C44H43FN4O4Si. The van der Waals surface area contributed by atoms with E-state index in [1.54, 1.807) is 19.9 Å². The third kappa shape index (κ3) is 7.43. The van der Waals surface area contributed by atoms with Gasteiger partial charge in [-0.3, -0.25) is 4.79 Å². The van der Waals surface area contributed by atoms with Crippen LogP contribution in [-0.4, -0.2) is 48.9 Å². The molecule has 0 saturated carbocycles. The second-order valence-electron chi connectivity index (χ2n) is 15.0. The molecule has 0 bridgehead atoms. The average molecular weight is 739 g/mol. The van der Waals surface area contributed by atoms with E-state index in [1.807, 2.05) is 78.9 Å². The van der Waals surface area contributed by atoms with Crippen LogP contribution in [0.1, 0.15) is 79.3 Å². The highest BCUT2D eigenvalue weighted by molar-refractivity contribution is 6.32. The van der Waals surface area contributed by atoms with Crippen molar-refractivity contribution in [3.63, 3.8) is 0 Å². The molecule has 2 radical (unpaired) electrons. The molecule has 1 aliphatic heterocycles. The number of amides is 1. The molecule has 0 unspecified atom stereocenters. The molecule has 6 aromatic rings. The minimum atomic E-state index is -1.28. The van der Waals surface area contributed by atoms with E-state index in [4.69, 9.17) is 14.1 Å². The third-order valence-electron chi connectivity index (χ3n) is 9.45. The highest BCUT2D eigenvalue weighted by atomic mass is 28.2. The van der Waals surface area contributed by atoms with Crippen LogP contribution in [0, 0.1) is 5.82 Å². The zero-order valence-corrected chi connectivity index (χ0v) is 32.0. The van der Waals surface area contributed by atoms with Gasteiger partial charge < -0.3 is 24.6 Å². The molecule has 3 heterocycles. The summed E-state index contributed by atoms with van der Waals surface area (Å²) in [6.07, 6.45) is 4.38. The first-order valence-corrected chi connectivity index (χ1v) is 18.9. The van der Waals surface area contributed by atoms with Crippen molar-refractivity contribution in [2.45, 2.75) is 57.3 Å². The Balaban J connectivity index is 1.52. The monoisotopic (exact) mass is 738 g/mol. The van der Waals surface area contributed by atoms with Crippen molar-refractivity contribution in [1.29, 1.82) is 0 Å². The molecule has 8 nitrogen and oxygen atoms in total. The lowest BCUT2D eigenvalue weighted by atomic mass is 9.76. The number of carbonyl (C=O) groups is 1. The Kier molecular flexibility index (Phi) is 10.2. The molecule has 2 aromatic heterocycles. The summed E-state index contributed by atoms with van der Waals surface area (Å²) in [7, 11) is 0.0130. The van der Waals surface area contributed by atoms with Crippen LogP contribution in [0.25, 0.3) is 27.9 Å². The summed E-state index contributed by atoms with van der Waals surface area (Å²) < 4.78 is 28.6. The maximum Gasteiger partial charge on any atom is 0.258 e. The summed E-state index contributed by atoms with van der Waals surface area (Å²) in [4.78, 5) is 27.2. The number of benzene rings is 4. The normalized spacial score (nSPS) is 13.9. The van der Waals surface area contributed by atoms with Crippen molar-refractivity contribution in [2.24, 2.45) is 0 Å². The summed E-state index contributed by atoms with van der Waals surface area (Å²) in [6.45, 7) is 10.7. The summed E-state index contributed by atoms with van der Waals surface area (Å²) in [5.74, 6) is -1.39. The van der Waals surface area contributed by atoms with Crippen LogP contribution in [0.2, 0.25) is 5.04 Å². The number of ether oxygens (including phenoxy) is 1. The Morgan fingerprint density at radius 2 is 1.59 bits per heavy atom. The number of nitrogens with one attached hydrogen (secondary N) is 2. The van der Waals surface area contributed by atoms with Gasteiger partial charge in [0, 0.05) is 27.9 Å². The molecule has 10 heteroatoms. The molecule has 0 atom stereocenters. The zero-order valence-electron chi connectivity index (χ0n) is 31.0. The van der Waals surface area contributed by atoms with Gasteiger partial charge in [0.25, 0.3) is 5.91 Å². The number of rotatable bonds is 10. The first-order valence-electron chi connectivity index (χ1n) is 18.0. The van der Waals surface area contributed by atoms with Gasteiger partial charge in [0.2, 0.25) is 9.76 Å². The van der Waals surface area contributed by atoms with Crippen LogP contribution >= 0.6 is 0 Å². The lowest BCUT2D eigenvalue weighted by Crippen LogP contribution is -2.38. The van der Waals surface area contributed by atoms with Crippen LogP contribution in [0.3, 0.4) is 0 Å². The molecule has 1 aliphatic rings. The van der Waals surface area contributed by atoms with Crippen LogP contribution in [0.15, 0.2) is 116 Å². The van der Waals surface area contributed by atoms with Gasteiger partial charge in [0.15, 0.2) is 0 Å². The average Bonchev–Trinajstić information content (AvgIpc) is 3.61. The van der Waals surface area contributed by atoms with Gasteiger partial charge in [-0.2, -0.15) is 0 Å². The minimum Gasteiger partial charge on any atom is -0.400 e. The van der Waals surface area contributed by atoms with E-state index < -0.39 is 22.9 Å². The number of halogens is 1. The Hall–Kier alpha value is -5.26. The van der Waals surface area contributed by atoms with E-state index in [2.05, 4.69) is 48.2 Å². The Morgan fingerprint density at radius 3 is 2.20 bits per heavy atom. The van der Waals surface area contributed by atoms with Crippen LogP contribution in [0.4, 0.5) is 10.1 Å². The fraction of sp³-hybridized carbons (Fsp3) is 0.250. The smallest absolute Gasteiger partial charge is 0.258 e. The van der Waals surface area contributed by atoms with E-state index >= 15 is 4.39 Å². The fourth-order valence-corrected chi connectivity index (χ4v) is 7.60. The lowest BCUT2D eigenvalue weighted by molar-refractivity contribution is 0.0780. The van der Waals surface area contributed by atoms with Gasteiger partial charge in [0.1, 0.15) is 23.4 Å². The molecule has 54 heavy (non-hydrogen) atoms. The number of hydrogen-bond donors (Lipinski definition) is 3. The summed E-state index contributed by atoms with van der Waals surface area (Å²) in [5.41, 5.74) is 4.45. The van der Waals surface area contributed by atoms with Gasteiger partial charge in [-0.05, 0) is 71.8 Å². The van der Waals surface area contributed by atoms with E-state index in [0.717, 1.165) is 34.2 Å². The molecule has 1 amide bonds. The topological polar surface area (TPSA) is 109 Å². The molecule has 7 rings (SSSR count). The van der Waals surface area contributed by atoms with Gasteiger partial charge >= 0.3 is 0 Å². The molecule has 274 valence electrons. The second-order valence-corrected chi connectivity index (χ2v) is 16.9. The Morgan fingerprint density at radius 1 is 0.889 bits per heavy atom. The van der Waals surface area contributed by atoms with Gasteiger partial charge in [-0.1, -0.05) is 106 Å². The Bertz CT molecular complexity index is 2290. The zero-order chi connectivity index (χ0) is 38.1. The molecule has 0 spiro atoms. The van der Waals surface area contributed by atoms with Crippen molar-refractivity contribution in [2.75, 3.05) is 18.5 Å². The number of aliphatic hydroxyl groups is 1. The number of hydrogen-bond acceptors (Lipinski definition) is 6. The summed E-state index contributed by atoms with van der Waals surface area (Å²) in [6, 6.07) is 31.8. The van der Waals surface area contributed by atoms with E-state index in [-0.39, 0.29) is 20.4 Å². The number of nitrogens with zero attached hydrogens (tertiary/aromatic N) is 2. The van der Waals surface area contributed by atoms with Crippen LogP contribution in [0.5, 0.6) is 0 Å². The van der Waals surface area contributed by atoms with Crippen molar-refractivity contribution in [3.8, 4) is 11.3 Å². The standard InChI is InChI=1S/C44H43FN4O4Si/c1-42(2,3)54-53-44(29-13-8-6-9-14-29,30-15-10-7-11-16-30)38-33(39-34-26-37(28-21-23-52-24-22-28)48-40(34)47-27-46-39)17-12-18-36(38)49-41(50)32-20-19-31(25-35(32)45)43(4,5)51/h6-21,25-27,51H,22-24H2,1-5H3,(H,49,50)(H,46,47,48). The number of H-pyrrole nitrogens is 1. The highest BCUT2D eigenvalue weighted by Gasteiger charge is 2.43. The quantitative estimate of drug-likeness (QED) is 0.0956. The lowest BCUT2D eigenvalue weighted by Gasteiger charge is -2.40. The second kappa shape index (κ2) is 14.9. The van der Waals surface area contributed by atoms with Crippen molar-refractivity contribution < 1.29 is 23.5 Å². The van der Waals surface area contributed by atoms with Gasteiger partial charge in [-0.25, -0.2) is 14.4 Å². The number of aromatic amines is 1. The number of fused-ring (bicyclic) bond motifs is 1. The molecular weight excluding hydrogens is 696 g/mol. The van der Waals surface area contributed by atoms with Crippen molar-refractivity contribution in [3.05, 3.63) is 155 Å². The molecule has 3 N–H and O–H groups in total. The number of carbonyl (C=O) groups excluding carboxylic acids is 1. The molecule has 0 saturated heterocycles. The largest absolute Gasteiger partial charge is 0.400 e. The first kappa shape index (κ1) is 37.1. The minimum absolute atomic E-state index is 0.0130. The summed E-state index contributed by atoms with van der Waals surface area (Å²) >= 11 is 0. The maximum absolute atomic E-state index is 15.7. The molecule has 0 fully saturated rings. The number of anilines is 1. The van der Waals surface area contributed by atoms with Gasteiger partial charge in [-0.15, -0.1) is 0 Å². The molecule has 0 aliphatic carbocycles. The van der Waals surface area contributed by atoms with Gasteiger partial charge in [0.05, 0.1) is 30.1 Å². The number of aromatic nitrogens is 3. The first-order chi connectivity index (χ1) is 25.8.